The Bertz CT molecular complexity index is 1490. The van der Waals surface area contributed by atoms with E-state index in [9.17, 15) is 23.3 Å². The molecule has 2 aromatic heterocycles. The van der Waals surface area contributed by atoms with Crippen LogP contribution in [0.1, 0.15) is 12.5 Å². The Balaban J connectivity index is 1.61. The molecule has 0 radical (unpaired) electrons. The molecular weight excluding hydrogens is 498 g/mol. The summed E-state index contributed by atoms with van der Waals surface area (Å²) in [4.78, 5) is 27.3. The molecule has 11 nitrogen and oxygen atoms in total. The molecule has 4 aromatic rings. The second kappa shape index (κ2) is 11.1. The Morgan fingerprint density at radius 3 is 2.38 bits per heavy atom. The van der Waals surface area contributed by atoms with Gasteiger partial charge in [-0.1, -0.05) is 30.3 Å². The molecule has 0 fully saturated rings. The van der Waals surface area contributed by atoms with Crippen molar-refractivity contribution in [3.8, 4) is 11.3 Å². The number of aromatic nitrogens is 3. The topological polar surface area (TPSA) is 146 Å². The van der Waals surface area contributed by atoms with Crippen molar-refractivity contribution in [1.82, 2.24) is 14.8 Å². The van der Waals surface area contributed by atoms with E-state index in [1.165, 1.54) is 0 Å². The Morgan fingerprint density at radius 1 is 1.08 bits per heavy atom. The van der Waals surface area contributed by atoms with Crippen molar-refractivity contribution in [2.45, 2.75) is 30.9 Å². The second-order valence-corrected chi connectivity index (χ2v) is 9.51. The highest BCUT2D eigenvalue weighted by molar-refractivity contribution is 7.86. The van der Waals surface area contributed by atoms with Gasteiger partial charge in [-0.3, -0.25) is 24.1 Å². The van der Waals surface area contributed by atoms with Crippen LogP contribution in [0.25, 0.3) is 11.3 Å². The highest BCUT2D eigenvalue weighted by Gasteiger charge is 2.29. The molecule has 0 saturated carbocycles. The first-order valence-electron chi connectivity index (χ1n) is 11.3. The second-order valence-electron chi connectivity index (χ2n) is 7.94. The van der Waals surface area contributed by atoms with Crippen LogP contribution in [0.3, 0.4) is 0 Å². The summed E-state index contributed by atoms with van der Waals surface area (Å²) >= 11 is 0. The number of nitro groups is 1. The summed E-state index contributed by atoms with van der Waals surface area (Å²) in [5.41, 5.74) is 1.83. The van der Waals surface area contributed by atoms with Gasteiger partial charge in [0.1, 0.15) is 5.82 Å². The van der Waals surface area contributed by atoms with E-state index in [1.54, 1.807) is 65.6 Å². The van der Waals surface area contributed by atoms with E-state index >= 15 is 0 Å². The number of nitrogens with one attached hydrogen (secondary N) is 1. The molecule has 37 heavy (non-hydrogen) atoms. The smallest absolute Gasteiger partial charge is 0.297 e. The summed E-state index contributed by atoms with van der Waals surface area (Å²) in [6.07, 6.45) is 1.81. The SMILES string of the molecule is CCn1nc(-c2ccncc2)cc1NC(=O)[C@@H](Cc1ccccc1)OS(=O)(=O)c1ccc([N+](=O)[O-])cc1. The first-order chi connectivity index (χ1) is 17.8. The number of non-ortho nitro benzene ring substituents is 1. The molecule has 0 aliphatic rings. The fourth-order valence-corrected chi connectivity index (χ4v) is 4.61. The maximum absolute atomic E-state index is 13.3. The van der Waals surface area contributed by atoms with E-state index in [2.05, 4.69) is 15.4 Å². The molecular formula is C25H23N5O6S. The molecule has 0 spiro atoms. The molecule has 2 aromatic carbocycles. The van der Waals surface area contributed by atoms with Crippen LogP contribution in [0.2, 0.25) is 0 Å². The fourth-order valence-electron chi connectivity index (χ4n) is 3.57. The minimum atomic E-state index is -4.43. The van der Waals surface area contributed by atoms with Crippen molar-refractivity contribution < 1.29 is 22.3 Å². The van der Waals surface area contributed by atoms with Crippen LogP contribution in [-0.2, 0) is 32.1 Å². The lowest BCUT2D eigenvalue weighted by atomic mass is 10.1. The average Bonchev–Trinajstić information content (AvgIpc) is 3.32. The van der Waals surface area contributed by atoms with Crippen molar-refractivity contribution in [2.75, 3.05) is 5.32 Å². The minimum Gasteiger partial charge on any atom is -0.309 e. The number of pyridine rings is 1. The molecule has 0 saturated heterocycles. The van der Waals surface area contributed by atoms with Gasteiger partial charge in [0.15, 0.2) is 6.10 Å². The predicted octanol–water partition coefficient (Wildman–Crippen LogP) is 3.83. The zero-order chi connectivity index (χ0) is 26.4. The molecule has 0 bridgehead atoms. The lowest BCUT2D eigenvalue weighted by Crippen LogP contribution is -2.35. The van der Waals surface area contributed by atoms with Gasteiger partial charge >= 0.3 is 0 Å². The number of aryl methyl sites for hydroxylation is 1. The van der Waals surface area contributed by atoms with Gasteiger partial charge < -0.3 is 5.32 Å². The van der Waals surface area contributed by atoms with Gasteiger partial charge in [-0.2, -0.15) is 13.5 Å². The number of anilines is 1. The number of amides is 1. The van der Waals surface area contributed by atoms with E-state index in [-0.39, 0.29) is 17.0 Å². The number of hydrogen-bond donors (Lipinski definition) is 1. The summed E-state index contributed by atoms with van der Waals surface area (Å²) in [5.74, 6) is -0.320. The van der Waals surface area contributed by atoms with Crippen molar-refractivity contribution >= 4 is 27.5 Å². The Morgan fingerprint density at radius 2 is 1.76 bits per heavy atom. The first-order valence-corrected chi connectivity index (χ1v) is 12.7. The number of nitrogens with zero attached hydrogens (tertiary/aromatic N) is 4. The molecule has 4 rings (SSSR count). The highest BCUT2D eigenvalue weighted by atomic mass is 32.2. The molecule has 1 amide bonds. The summed E-state index contributed by atoms with van der Waals surface area (Å²) in [6, 6.07) is 18.3. The Hall–Kier alpha value is -4.42. The summed E-state index contributed by atoms with van der Waals surface area (Å²) in [5, 5.41) is 18.1. The maximum Gasteiger partial charge on any atom is 0.297 e. The van der Waals surface area contributed by atoms with Crippen molar-refractivity contribution in [2.24, 2.45) is 0 Å². The molecule has 0 aliphatic carbocycles. The van der Waals surface area contributed by atoms with E-state index in [1.807, 2.05) is 6.92 Å². The maximum atomic E-state index is 13.3. The Kier molecular flexibility index (Phi) is 7.70. The normalized spacial score (nSPS) is 12.1. The molecule has 190 valence electrons. The molecule has 12 heteroatoms. The van der Waals surface area contributed by atoms with Crippen LogP contribution in [-0.4, -0.2) is 40.1 Å². The van der Waals surface area contributed by atoms with Crippen molar-refractivity contribution in [3.05, 3.63) is 101 Å². The lowest BCUT2D eigenvalue weighted by Gasteiger charge is -2.18. The van der Waals surface area contributed by atoms with E-state index in [4.69, 9.17) is 4.18 Å². The van der Waals surface area contributed by atoms with E-state index < -0.39 is 27.1 Å². The van der Waals surface area contributed by atoms with Crippen molar-refractivity contribution in [1.29, 1.82) is 0 Å². The Labute approximate surface area is 213 Å². The highest BCUT2D eigenvalue weighted by Crippen LogP contribution is 2.24. The third kappa shape index (κ3) is 6.23. The number of benzene rings is 2. The number of hydrogen-bond acceptors (Lipinski definition) is 8. The fraction of sp³-hybridized carbons (Fsp3) is 0.160. The molecule has 1 atom stereocenters. The summed E-state index contributed by atoms with van der Waals surface area (Å²) in [6.45, 7) is 2.31. The van der Waals surface area contributed by atoms with Crippen LogP contribution >= 0.6 is 0 Å². The van der Waals surface area contributed by atoms with Crippen LogP contribution in [0.15, 0.2) is 90.1 Å². The van der Waals surface area contributed by atoms with Gasteiger partial charge in [0.05, 0.1) is 15.5 Å². The van der Waals surface area contributed by atoms with Crippen LogP contribution in [0.5, 0.6) is 0 Å². The van der Waals surface area contributed by atoms with Gasteiger partial charge in [0.2, 0.25) is 0 Å². The monoisotopic (exact) mass is 521 g/mol. The predicted molar refractivity (Wildman–Crippen MR) is 135 cm³/mol. The third-order valence-electron chi connectivity index (χ3n) is 5.44. The molecule has 0 unspecified atom stereocenters. The lowest BCUT2D eigenvalue weighted by molar-refractivity contribution is -0.384. The number of rotatable bonds is 10. The quantitative estimate of drug-likeness (QED) is 0.188. The summed E-state index contributed by atoms with van der Waals surface area (Å²) in [7, 11) is -4.43. The van der Waals surface area contributed by atoms with Crippen LogP contribution in [0.4, 0.5) is 11.5 Å². The third-order valence-corrected chi connectivity index (χ3v) is 6.78. The zero-order valence-electron chi connectivity index (χ0n) is 19.7. The average molecular weight is 522 g/mol. The molecule has 0 aliphatic heterocycles. The number of carbonyl (C=O) groups excluding carboxylic acids is 1. The first kappa shape index (κ1) is 25.7. The number of nitro benzene ring substituents is 1. The van der Waals surface area contributed by atoms with Crippen LogP contribution in [0, 0.1) is 10.1 Å². The van der Waals surface area contributed by atoms with E-state index in [0.717, 1.165) is 29.8 Å². The number of carbonyl (C=O) groups is 1. The van der Waals surface area contributed by atoms with E-state index in [0.29, 0.717) is 23.6 Å². The van der Waals surface area contributed by atoms with Gasteiger partial charge in [-0.25, -0.2) is 4.68 Å². The van der Waals surface area contributed by atoms with Crippen molar-refractivity contribution in [3.63, 3.8) is 0 Å². The van der Waals surface area contributed by atoms with Gasteiger partial charge in [0, 0.05) is 49.1 Å². The molecule has 2 heterocycles. The standard InChI is InChI=1S/C25H23N5O6S/c1-2-29-24(17-22(28-29)19-12-14-26-15-13-19)27-25(31)23(16-18-6-4-3-5-7-18)36-37(34,35)21-10-8-20(9-11-21)30(32)33/h3-15,17,23H,2,16H2,1H3,(H,27,31)/t23-/m1/s1. The van der Waals surface area contributed by atoms with Crippen LogP contribution < -0.4 is 5.32 Å². The zero-order valence-corrected chi connectivity index (χ0v) is 20.5. The largest absolute Gasteiger partial charge is 0.309 e. The van der Waals surface area contributed by atoms with Gasteiger partial charge in [0.25, 0.3) is 21.7 Å². The van der Waals surface area contributed by atoms with Gasteiger partial charge in [-0.05, 0) is 36.8 Å². The summed E-state index contributed by atoms with van der Waals surface area (Å²) < 4.78 is 32.9. The minimum absolute atomic E-state index is 0.0314. The van der Waals surface area contributed by atoms with Gasteiger partial charge in [-0.15, -0.1) is 0 Å². The molecule has 1 N–H and O–H groups in total.